The lowest BCUT2D eigenvalue weighted by atomic mass is 9.99. The summed E-state index contributed by atoms with van der Waals surface area (Å²) in [6.07, 6.45) is 5.67. The lowest BCUT2D eigenvalue weighted by Crippen LogP contribution is -2.09. The highest BCUT2D eigenvalue weighted by molar-refractivity contribution is 7.87. The maximum absolute atomic E-state index is 12.3. The second kappa shape index (κ2) is 60.8. The number of carbonyl (C=O) groups is 2. The molecular weight excluding hydrogens is 2000 g/mol. The first kappa shape index (κ1) is 123. The molecule has 0 fully saturated rings. The molecular formula is C85H92O39S11. The van der Waals surface area contributed by atoms with E-state index >= 15 is 0 Å². The summed E-state index contributed by atoms with van der Waals surface area (Å²) in [5, 5.41) is 0. The van der Waals surface area contributed by atoms with Gasteiger partial charge in [-0.15, -0.1) is 63.1 Å². The molecule has 50 heteroatoms. The highest BCUT2D eigenvalue weighted by Gasteiger charge is 2.21. The van der Waals surface area contributed by atoms with Gasteiger partial charge in [0.05, 0.1) is 48.5 Å². The summed E-state index contributed by atoms with van der Waals surface area (Å²) >= 11 is 0. The lowest BCUT2D eigenvalue weighted by Gasteiger charge is -2.11. The standard InChI is InChI=1S/C22H18O7S.C22H22O5S.C22H22.C16H18O3S.3CH4O3S.5O3S/c1-14-3-12-19(20(13-14)30(25,26)27)15-8-10-18(11-9-15)29-22(24)17-6-4-16(5-7-17)21(23)28-2;1-16-3-12-21(22(13-16)28(23,24)25)19-8-10-20(11-9-19)27-15-18-6-4-17(5-7-18)14-26-2;1-17-3-7-19(8-4-17)9-10-20-11-15-22(16-12-20)21-13-5-18(2)6-14-21;1-12-3-6-14(7-4-12)8-10-15-9-5-13(2)11-16(15)20(17,18)19;3*1-5(2,3)4;5*1-4(2)3/h3-13H,1-2H3,(H,25,26,27);3-13H,14-15H2,1-2H3,(H,23,24,25);3-8,11-16H,9-10H2,1-2H3;3-7,9,11H,8,10H2,1-2H3,(H,17,18,19);3*1H3,(H,2,3,4);;;;;. The molecule has 6 N–H and O–H groups in total. The maximum Gasteiger partial charge on any atom is 0.425 e. The van der Waals surface area contributed by atoms with Crippen molar-refractivity contribution in [1.29, 1.82) is 0 Å². The van der Waals surface area contributed by atoms with Crippen LogP contribution in [0.25, 0.3) is 33.4 Å². The number of hydrogen-bond acceptors (Lipinski definition) is 33. The molecule has 0 heterocycles. The van der Waals surface area contributed by atoms with Gasteiger partial charge in [0.25, 0.3) is 60.7 Å². The topological polar surface area (TPSA) is 653 Å². The molecule has 11 rings (SSSR count). The van der Waals surface area contributed by atoms with Crippen molar-refractivity contribution in [3.8, 4) is 44.9 Å². The Morgan fingerprint density at radius 2 is 0.511 bits per heavy atom. The van der Waals surface area contributed by atoms with Crippen LogP contribution >= 0.6 is 0 Å². The highest BCUT2D eigenvalue weighted by Crippen LogP contribution is 2.33. The summed E-state index contributed by atoms with van der Waals surface area (Å²) in [4.78, 5) is 23.5. The molecule has 0 amide bonds. The zero-order chi connectivity index (χ0) is 104. The molecule has 0 saturated carbocycles. The Hall–Kier alpha value is -12.3. The van der Waals surface area contributed by atoms with Gasteiger partial charge in [-0.3, -0.25) is 27.3 Å². The molecule has 0 spiro atoms. The third-order valence-electron chi connectivity index (χ3n) is 16.1. The molecule has 0 aliphatic rings. The Bertz CT molecular complexity index is 6800. The average Bonchev–Trinajstić information content (AvgIpc) is 0.804. The van der Waals surface area contributed by atoms with Crippen LogP contribution in [0.3, 0.4) is 0 Å². The zero-order valence-corrected chi connectivity index (χ0v) is 82.0. The van der Waals surface area contributed by atoms with E-state index in [1.807, 2.05) is 67.6 Å². The average molecular weight is 2090 g/mol. The van der Waals surface area contributed by atoms with Gasteiger partial charge >= 0.3 is 65.0 Å². The molecule has 39 nitrogen and oxygen atoms in total. The van der Waals surface area contributed by atoms with Gasteiger partial charge in [0.2, 0.25) is 0 Å². The number of benzene rings is 11. The Morgan fingerprint density at radius 1 is 0.274 bits per heavy atom. The zero-order valence-electron chi connectivity index (χ0n) is 73.1. The van der Waals surface area contributed by atoms with Gasteiger partial charge in [-0.1, -0.05) is 199 Å². The van der Waals surface area contributed by atoms with Gasteiger partial charge in [-0.2, -0.15) is 50.5 Å². The molecule has 0 atom stereocenters. The smallest absolute Gasteiger partial charge is 0.425 e. The van der Waals surface area contributed by atoms with E-state index < -0.39 is 126 Å². The van der Waals surface area contributed by atoms with Gasteiger partial charge in [-0.25, -0.2) is 9.59 Å². The third kappa shape index (κ3) is 61.3. The largest absolute Gasteiger partial charge is 0.489 e. The summed E-state index contributed by atoms with van der Waals surface area (Å²) < 4.78 is 323. The number of methoxy groups -OCH3 is 2. The van der Waals surface area contributed by atoms with E-state index in [9.17, 15) is 73.8 Å². The Kier molecular flexibility index (Phi) is 55.3. The van der Waals surface area contributed by atoms with Crippen LogP contribution in [0.15, 0.2) is 263 Å². The highest BCUT2D eigenvalue weighted by atomic mass is 32.2. The fraction of sp³-hybridized carbons (Fsp3) is 0.200. The van der Waals surface area contributed by atoms with Gasteiger partial charge in [-0.05, 0) is 206 Å². The van der Waals surface area contributed by atoms with Crippen LogP contribution in [-0.2, 0) is 162 Å². The Morgan fingerprint density at radius 3 is 0.815 bits per heavy atom. The van der Waals surface area contributed by atoms with E-state index in [0.717, 1.165) is 47.1 Å². The van der Waals surface area contributed by atoms with E-state index in [1.54, 1.807) is 88.5 Å². The second-order valence-corrected chi connectivity index (χ2v) is 37.9. The molecule has 0 unspecified atom stereocenters. The predicted molar refractivity (Wildman–Crippen MR) is 493 cm³/mol. The van der Waals surface area contributed by atoms with Gasteiger partial charge in [0.1, 0.15) is 27.9 Å². The minimum absolute atomic E-state index is 0.0182. The molecule has 11 aromatic carbocycles. The van der Waals surface area contributed by atoms with Crippen molar-refractivity contribution in [2.45, 2.75) is 95.1 Å². The summed E-state index contributed by atoms with van der Waals surface area (Å²) in [5.41, 5.74) is 18.0. The SMILES string of the molecule is COC(=O)c1ccc(C(=O)Oc2ccc(-c3ccc(C)cc3S(=O)(=O)O)cc2)cc1.COCc1ccc(COc2ccc(-c3ccc(C)cc3S(=O)(=O)O)cc2)cc1.CS(=O)(=O)O.CS(=O)(=O)O.CS(=O)(=O)O.Cc1ccc(CCc2ccc(-c3ccc(C)cc3)cc2)cc1.Cc1ccc(CCc2ccc(C)cc2S(=O)(=O)O)cc1.O=S(=O)=O.O=S(=O)=O.O=S(=O)=O.O=S(=O)=O.O=S(=O)=O. The number of carbonyl (C=O) groups excluding carboxylic acids is 2. The molecule has 0 aromatic heterocycles. The summed E-state index contributed by atoms with van der Waals surface area (Å²) in [6.45, 7) is 12.6. The molecule has 0 bridgehead atoms. The molecule has 0 aliphatic carbocycles. The quantitative estimate of drug-likeness (QED) is 0.0234. The molecule has 0 saturated heterocycles. The van der Waals surface area contributed by atoms with E-state index in [-0.39, 0.29) is 26.0 Å². The van der Waals surface area contributed by atoms with Gasteiger partial charge in [0.15, 0.2) is 0 Å². The third-order valence-corrected chi connectivity index (χ3v) is 18.8. The number of rotatable bonds is 20. The normalized spacial score (nSPS) is 10.4. The maximum atomic E-state index is 12.3. The summed E-state index contributed by atoms with van der Waals surface area (Å²) in [5.74, 6) is -0.203. The van der Waals surface area contributed by atoms with Crippen molar-refractivity contribution < 1.29 is 169 Å². The molecule has 135 heavy (non-hydrogen) atoms. The van der Waals surface area contributed by atoms with Crippen LogP contribution in [0.1, 0.15) is 87.5 Å². The van der Waals surface area contributed by atoms with Crippen molar-refractivity contribution in [3.63, 3.8) is 0 Å². The minimum atomic E-state index is -4.40. The second-order valence-electron chi connectivity index (χ2n) is 27.3. The van der Waals surface area contributed by atoms with Crippen LogP contribution in [0.4, 0.5) is 0 Å². The fourth-order valence-corrected chi connectivity index (χ4v) is 12.9. The van der Waals surface area contributed by atoms with Crippen LogP contribution in [0, 0.1) is 41.5 Å². The fourth-order valence-electron chi connectivity index (χ4n) is 10.5. The molecule has 0 aliphatic heterocycles. The predicted octanol–water partition coefficient (Wildman–Crippen LogP) is 11.1. The van der Waals surface area contributed by atoms with Crippen molar-refractivity contribution in [3.05, 3.63) is 327 Å². The minimum Gasteiger partial charge on any atom is -0.489 e. The first-order valence-corrected chi connectivity index (χ1v) is 52.1. The number of aryl methyl sites for hydroxylation is 10. The van der Waals surface area contributed by atoms with E-state index in [1.165, 1.54) is 101 Å². The van der Waals surface area contributed by atoms with E-state index in [2.05, 4.69) is 91.4 Å². The van der Waals surface area contributed by atoms with E-state index in [0.29, 0.717) is 83.1 Å². The number of ether oxygens (including phenoxy) is 4. The van der Waals surface area contributed by atoms with Crippen molar-refractivity contribution in [1.82, 2.24) is 0 Å². The first-order valence-electron chi connectivity index (χ1n) is 37.2. The number of esters is 2. The monoisotopic (exact) mass is 2090 g/mol. The van der Waals surface area contributed by atoms with Gasteiger partial charge < -0.3 is 18.9 Å². The molecule has 11 aromatic rings. The van der Waals surface area contributed by atoms with Crippen LogP contribution in [0.5, 0.6) is 11.5 Å². The Balaban J connectivity index is 0.00000159. The van der Waals surface area contributed by atoms with Gasteiger partial charge in [0, 0.05) is 18.2 Å². The summed E-state index contributed by atoms with van der Waals surface area (Å²) in [6, 6.07) is 76.6. The lowest BCUT2D eigenvalue weighted by molar-refractivity contribution is 0.0599. The Labute approximate surface area is 788 Å². The van der Waals surface area contributed by atoms with Crippen LogP contribution < -0.4 is 9.47 Å². The first-order chi connectivity index (χ1) is 62.3. The van der Waals surface area contributed by atoms with E-state index in [4.69, 9.17) is 91.0 Å². The van der Waals surface area contributed by atoms with Crippen molar-refractivity contribution in [2.24, 2.45) is 0 Å². The molecule has 732 valence electrons. The number of hydrogen-bond donors (Lipinski definition) is 6. The van der Waals surface area contributed by atoms with Crippen molar-refractivity contribution in [2.75, 3.05) is 33.0 Å². The van der Waals surface area contributed by atoms with Crippen LogP contribution in [0.2, 0.25) is 0 Å². The molecule has 0 radical (unpaired) electrons. The van der Waals surface area contributed by atoms with Crippen LogP contribution in [-0.4, -0.2) is 186 Å². The van der Waals surface area contributed by atoms with Crippen molar-refractivity contribution >= 4 is 126 Å². The summed E-state index contributed by atoms with van der Waals surface area (Å²) in [7, 11) is -36.5.